The molecule has 0 radical (unpaired) electrons. The third-order valence-corrected chi connectivity index (χ3v) is 8.70. The second kappa shape index (κ2) is 10.9. The van der Waals surface area contributed by atoms with Crippen LogP contribution in [-0.4, -0.2) is 67.5 Å². The van der Waals surface area contributed by atoms with E-state index in [4.69, 9.17) is 9.47 Å². The van der Waals surface area contributed by atoms with Crippen molar-refractivity contribution >= 4 is 27.5 Å². The predicted octanol–water partition coefficient (Wildman–Crippen LogP) is 3.30. The van der Waals surface area contributed by atoms with Crippen molar-refractivity contribution in [2.45, 2.75) is 44.8 Å². The number of anilines is 1. The van der Waals surface area contributed by atoms with Crippen LogP contribution >= 0.6 is 0 Å². The molecule has 0 spiro atoms. The lowest BCUT2D eigenvalue weighted by molar-refractivity contribution is 0.0250. The number of halogens is 1. The lowest BCUT2D eigenvalue weighted by Crippen LogP contribution is -2.41. The van der Waals surface area contributed by atoms with Crippen molar-refractivity contribution in [3.05, 3.63) is 59.8 Å². The summed E-state index contributed by atoms with van der Waals surface area (Å²) in [5.74, 6) is -0.428. The van der Waals surface area contributed by atoms with Crippen LogP contribution in [0.1, 0.15) is 54.7 Å². The Balaban J connectivity index is 1.44. The number of nitrogens with one attached hydrogen (secondary N) is 1. The van der Waals surface area contributed by atoms with E-state index < -0.39 is 16.1 Å². The van der Waals surface area contributed by atoms with Gasteiger partial charge in [0.15, 0.2) is 0 Å². The molecule has 10 nitrogen and oxygen atoms in total. The van der Waals surface area contributed by atoms with Crippen molar-refractivity contribution < 1.29 is 27.1 Å². The zero-order valence-corrected chi connectivity index (χ0v) is 22.3. The molecule has 2 fully saturated rings. The van der Waals surface area contributed by atoms with Crippen LogP contribution in [-0.2, 0) is 14.9 Å². The molecule has 1 amide bonds. The molecule has 12 heteroatoms. The fraction of sp³-hybridized carbons (Fsp3) is 0.462. The number of aromatic nitrogens is 2. The second-order valence-corrected chi connectivity index (χ2v) is 11.4. The molecular weight excluding hydrogens is 513 g/mol. The molecule has 2 aromatic heterocycles. The van der Waals surface area contributed by atoms with Crippen LogP contribution < -0.4 is 14.4 Å². The molecule has 1 atom stereocenters. The fourth-order valence-electron chi connectivity index (χ4n) is 4.98. The number of hydrogen-bond donors (Lipinski definition) is 1. The van der Waals surface area contributed by atoms with E-state index >= 15 is 0 Å². The van der Waals surface area contributed by atoms with E-state index in [2.05, 4.69) is 14.6 Å². The van der Waals surface area contributed by atoms with Gasteiger partial charge in [0.25, 0.3) is 5.91 Å². The Bertz CT molecular complexity index is 1420. The van der Waals surface area contributed by atoms with Crippen LogP contribution in [0, 0.1) is 5.82 Å². The first-order chi connectivity index (χ1) is 18.3. The zero-order chi connectivity index (χ0) is 26.9. The predicted molar refractivity (Wildman–Crippen MR) is 140 cm³/mol. The van der Waals surface area contributed by atoms with Gasteiger partial charge >= 0.3 is 10.2 Å². The van der Waals surface area contributed by atoms with Gasteiger partial charge in [-0.05, 0) is 43.2 Å². The molecule has 0 saturated carbocycles. The summed E-state index contributed by atoms with van der Waals surface area (Å²) in [5, 5.41) is 0. The van der Waals surface area contributed by atoms with Crippen LogP contribution in [0.15, 0.2) is 42.7 Å². The Kier molecular flexibility index (Phi) is 7.55. The molecule has 2 aliphatic rings. The van der Waals surface area contributed by atoms with Gasteiger partial charge in [-0.1, -0.05) is 6.92 Å². The molecule has 1 aromatic carbocycles. The molecule has 4 heterocycles. The van der Waals surface area contributed by atoms with Gasteiger partial charge in [-0.2, -0.15) is 12.7 Å². The highest BCUT2D eigenvalue weighted by Crippen LogP contribution is 2.41. The summed E-state index contributed by atoms with van der Waals surface area (Å²) >= 11 is 0. The van der Waals surface area contributed by atoms with E-state index in [-0.39, 0.29) is 30.2 Å². The third-order valence-electron chi connectivity index (χ3n) is 7.18. The second-order valence-electron chi connectivity index (χ2n) is 9.57. The molecular formula is C26H32FN5O5S. The lowest BCUT2D eigenvalue weighted by atomic mass is 10.0. The Morgan fingerprint density at radius 3 is 2.79 bits per heavy atom. The van der Waals surface area contributed by atoms with Gasteiger partial charge in [-0.15, -0.1) is 0 Å². The summed E-state index contributed by atoms with van der Waals surface area (Å²) < 4.78 is 55.7. The topological polar surface area (TPSA) is 105 Å². The molecule has 3 aromatic rings. The highest BCUT2D eigenvalue weighted by atomic mass is 32.2. The highest BCUT2D eigenvalue weighted by molar-refractivity contribution is 7.87. The summed E-state index contributed by atoms with van der Waals surface area (Å²) in [6.07, 6.45) is 6.43. The van der Waals surface area contributed by atoms with Gasteiger partial charge in [0.05, 0.1) is 31.1 Å². The molecule has 0 unspecified atom stereocenters. The van der Waals surface area contributed by atoms with Crippen molar-refractivity contribution in [1.82, 2.24) is 18.4 Å². The highest BCUT2D eigenvalue weighted by Gasteiger charge is 2.31. The quantitative estimate of drug-likeness (QED) is 0.463. The van der Waals surface area contributed by atoms with Crippen molar-refractivity contribution in [3.63, 3.8) is 0 Å². The maximum Gasteiger partial charge on any atom is 0.303 e. The number of fused-ring (bicyclic) bond motifs is 1. The summed E-state index contributed by atoms with van der Waals surface area (Å²) in [7, 11) is -2.58. The lowest BCUT2D eigenvalue weighted by Gasteiger charge is -2.30. The van der Waals surface area contributed by atoms with Crippen LogP contribution in [0.2, 0.25) is 0 Å². The minimum absolute atomic E-state index is 0.0224. The Morgan fingerprint density at radius 1 is 1.24 bits per heavy atom. The minimum atomic E-state index is -3.97. The molecule has 2 aliphatic heterocycles. The van der Waals surface area contributed by atoms with Crippen molar-refractivity contribution in [2.75, 3.05) is 38.3 Å². The Morgan fingerprint density at radius 2 is 2.03 bits per heavy atom. The van der Waals surface area contributed by atoms with Gasteiger partial charge in [-0.3, -0.25) is 9.20 Å². The van der Waals surface area contributed by atoms with E-state index in [9.17, 15) is 17.6 Å². The van der Waals surface area contributed by atoms with E-state index in [1.807, 2.05) is 6.07 Å². The van der Waals surface area contributed by atoms with Gasteiger partial charge in [-0.25, -0.2) is 14.1 Å². The molecule has 38 heavy (non-hydrogen) atoms. The maximum absolute atomic E-state index is 14.4. The van der Waals surface area contributed by atoms with Crippen molar-refractivity contribution in [1.29, 1.82) is 0 Å². The van der Waals surface area contributed by atoms with Gasteiger partial charge in [0, 0.05) is 44.7 Å². The number of hydrogen-bond acceptors (Lipinski definition) is 7. The third kappa shape index (κ3) is 5.33. The average molecular weight is 546 g/mol. The summed E-state index contributed by atoms with van der Waals surface area (Å²) in [6.45, 7) is 3.92. The van der Waals surface area contributed by atoms with E-state index in [0.29, 0.717) is 24.6 Å². The molecule has 204 valence electrons. The standard InChI is InChI=1S/C26H32FN5O5S/c1-3-30(2)38(34,35)29-26(33)23-16-28-25-9-7-19(17-32(23)25)31-12-4-5-22(31)21-15-18(27)6-8-24(21)37-20-10-13-36-14-11-20/h6-9,15-17,20,22H,3-5,10-14H2,1-2H3,(H,29,33)/t22-/m1/s1. The Hall–Kier alpha value is -3.22. The summed E-state index contributed by atoms with van der Waals surface area (Å²) in [5.41, 5.74) is 2.19. The number of pyridine rings is 1. The molecule has 0 bridgehead atoms. The number of amides is 1. The fourth-order valence-corrected chi connectivity index (χ4v) is 5.82. The smallest absolute Gasteiger partial charge is 0.303 e. The number of carbonyl (C=O) groups excluding carboxylic acids is 1. The van der Waals surface area contributed by atoms with Gasteiger partial charge < -0.3 is 14.4 Å². The number of imidazole rings is 1. The number of benzene rings is 1. The first kappa shape index (κ1) is 26.4. The Labute approximate surface area is 221 Å². The largest absolute Gasteiger partial charge is 0.490 e. The monoisotopic (exact) mass is 545 g/mol. The van der Waals surface area contributed by atoms with Crippen LogP contribution in [0.25, 0.3) is 5.65 Å². The van der Waals surface area contributed by atoms with E-state index in [0.717, 1.165) is 47.8 Å². The number of nitrogens with zero attached hydrogens (tertiary/aromatic N) is 4. The SMILES string of the molecule is CCN(C)S(=O)(=O)NC(=O)c1cnc2ccc(N3CCC[C@@H]3c3cc(F)ccc3OC3CCOCC3)cn12. The first-order valence-corrected chi connectivity index (χ1v) is 14.3. The number of carbonyl (C=O) groups is 1. The van der Waals surface area contributed by atoms with Crippen LogP contribution in [0.4, 0.5) is 10.1 Å². The molecule has 1 N–H and O–H groups in total. The molecule has 5 rings (SSSR count). The summed E-state index contributed by atoms with van der Waals surface area (Å²) in [6, 6.07) is 8.22. The van der Waals surface area contributed by atoms with Gasteiger partial charge in [0.2, 0.25) is 0 Å². The molecule has 2 saturated heterocycles. The van der Waals surface area contributed by atoms with Crippen LogP contribution in [0.5, 0.6) is 5.75 Å². The molecule has 0 aliphatic carbocycles. The van der Waals surface area contributed by atoms with E-state index in [1.165, 1.54) is 19.3 Å². The van der Waals surface area contributed by atoms with Crippen molar-refractivity contribution in [3.8, 4) is 5.75 Å². The van der Waals surface area contributed by atoms with Crippen molar-refractivity contribution in [2.24, 2.45) is 0 Å². The van der Waals surface area contributed by atoms with Crippen LogP contribution in [0.3, 0.4) is 0 Å². The minimum Gasteiger partial charge on any atom is -0.490 e. The average Bonchev–Trinajstić information content (AvgIpc) is 3.56. The first-order valence-electron chi connectivity index (χ1n) is 12.8. The van der Waals surface area contributed by atoms with E-state index in [1.54, 1.807) is 35.7 Å². The summed E-state index contributed by atoms with van der Waals surface area (Å²) in [4.78, 5) is 19.3. The van der Waals surface area contributed by atoms with Gasteiger partial charge in [0.1, 0.15) is 29.0 Å². The number of ether oxygens (including phenoxy) is 2. The maximum atomic E-state index is 14.4. The number of rotatable bonds is 8. The normalized spacial score (nSPS) is 18.8. The zero-order valence-electron chi connectivity index (χ0n) is 21.5.